The minimum Gasteiger partial charge on any atom is -0.466 e. The molecule has 1 N–H and O–H groups in total. The zero-order valence-electron chi connectivity index (χ0n) is 19.6. The van der Waals surface area contributed by atoms with E-state index in [1.807, 2.05) is 0 Å². The molecule has 178 valence electrons. The Kier molecular flexibility index (Phi) is 23.3. The van der Waals surface area contributed by atoms with Gasteiger partial charge in [-0.3, -0.25) is 9.59 Å². The van der Waals surface area contributed by atoms with E-state index >= 15 is 0 Å². The van der Waals surface area contributed by atoms with E-state index in [0.29, 0.717) is 13.0 Å². The van der Waals surface area contributed by atoms with E-state index in [1.54, 1.807) is 0 Å². The molecule has 0 radical (unpaired) electrons. The van der Waals surface area contributed by atoms with Crippen molar-refractivity contribution in [1.29, 1.82) is 0 Å². The van der Waals surface area contributed by atoms with Crippen molar-refractivity contribution < 1.29 is 24.2 Å². The topological polar surface area (TPSA) is 72.8 Å². The third-order valence-corrected chi connectivity index (χ3v) is 5.38. The summed E-state index contributed by atoms with van der Waals surface area (Å²) in [5.74, 6) is -0.624. The molecule has 0 aromatic rings. The van der Waals surface area contributed by atoms with E-state index in [-0.39, 0.29) is 38.0 Å². The van der Waals surface area contributed by atoms with Crippen molar-refractivity contribution in [3.05, 3.63) is 0 Å². The second-order valence-electron chi connectivity index (χ2n) is 8.32. The summed E-state index contributed by atoms with van der Waals surface area (Å²) in [6, 6.07) is 0. The average molecular weight is 429 g/mol. The van der Waals surface area contributed by atoms with Crippen molar-refractivity contribution in [3.63, 3.8) is 0 Å². The fraction of sp³-hybridized carbons (Fsp3) is 0.920. The first-order valence-electron chi connectivity index (χ1n) is 12.6. The molecule has 0 saturated carbocycles. The molecule has 0 amide bonds. The zero-order valence-corrected chi connectivity index (χ0v) is 19.6. The van der Waals surface area contributed by atoms with E-state index in [1.165, 1.54) is 89.9 Å². The normalized spacial score (nSPS) is 10.9. The Morgan fingerprint density at radius 2 is 0.900 bits per heavy atom. The third-order valence-electron chi connectivity index (χ3n) is 5.38. The summed E-state index contributed by atoms with van der Waals surface area (Å²) in [7, 11) is 0. The quantitative estimate of drug-likeness (QED) is 0.149. The van der Waals surface area contributed by atoms with Crippen molar-refractivity contribution in [1.82, 2.24) is 0 Å². The van der Waals surface area contributed by atoms with Crippen LogP contribution in [0.25, 0.3) is 0 Å². The Morgan fingerprint density at radius 3 is 1.30 bits per heavy atom. The number of rotatable bonds is 23. The molecule has 0 aliphatic carbocycles. The Hall–Kier alpha value is -1.10. The van der Waals surface area contributed by atoms with Crippen LogP contribution in [0.5, 0.6) is 0 Å². The van der Waals surface area contributed by atoms with Gasteiger partial charge in [-0.1, -0.05) is 103 Å². The van der Waals surface area contributed by atoms with Gasteiger partial charge in [-0.2, -0.15) is 0 Å². The van der Waals surface area contributed by atoms with E-state index in [9.17, 15) is 9.59 Å². The van der Waals surface area contributed by atoms with Gasteiger partial charge in [0, 0.05) is 12.8 Å². The smallest absolute Gasteiger partial charge is 0.305 e. The van der Waals surface area contributed by atoms with E-state index in [4.69, 9.17) is 14.6 Å². The van der Waals surface area contributed by atoms with Gasteiger partial charge in [-0.25, -0.2) is 0 Å². The van der Waals surface area contributed by atoms with Gasteiger partial charge in [0.25, 0.3) is 0 Å². The highest BCUT2D eigenvalue weighted by Gasteiger charge is 2.07. The van der Waals surface area contributed by atoms with Gasteiger partial charge in [-0.15, -0.1) is 0 Å². The third kappa shape index (κ3) is 23.2. The van der Waals surface area contributed by atoms with Crippen LogP contribution in [-0.2, 0) is 19.1 Å². The second kappa shape index (κ2) is 24.2. The number of aliphatic hydroxyl groups excluding tert-OH is 1. The highest BCUT2D eigenvalue weighted by molar-refractivity contribution is 5.72. The highest BCUT2D eigenvalue weighted by Crippen LogP contribution is 2.13. The minimum atomic E-state index is -0.380. The lowest BCUT2D eigenvalue weighted by molar-refractivity contribution is -0.146. The maximum atomic E-state index is 11.6. The largest absolute Gasteiger partial charge is 0.466 e. The maximum Gasteiger partial charge on any atom is 0.305 e. The first-order valence-corrected chi connectivity index (χ1v) is 12.6. The fourth-order valence-electron chi connectivity index (χ4n) is 3.52. The molecule has 5 nitrogen and oxygen atoms in total. The summed E-state index contributed by atoms with van der Waals surface area (Å²) in [6.07, 6.45) is 22.1. The predicted octanol–water partition coefficient (Wildman–Crippen LogP) is 6.50. The monoisotopic (exact) mass is 428 g/mol. The zero-order chi connectivity index (χ0) is 22.1. The van der Waals surface area contributed by atoms with Crippen LogP contribution < -0.4 is 0 Å². The molecule has 0 aliphatic rings. The summed E-state index contributed by atoms with van der Waals surface area (Å²) < 4.78 is 9.92. The summed E-state index contributed by atoms with van der Waals surface area (Å²) >= 11 is 0. The first-order chi connectivity index (χ1) is 14.7. The number of unbranched alkanes of at least 4 members (excludes halogenated alkanes) is 15. The van der Waals surface area contributed by atoms with Gasteiger partial charge in [0.1, 0.15) is 6.61 Å². The van der Waals surface area contributed by atoms with Crippen LogP contribution in [0.4, 0.5) is 0 Å². The first kappa shape index (κ1) is 28.9. The van der Waals surface area contributed by atoms with Crippen molar-refractivity contribution in [3.8, 4) is 0 Å². The maximum absolute atomic E-state index is 11.6. The minimum absolute atomic E-state index is 0.0164. The summed E-state index contributed by atoms with van der Waals surface area (Å²) in [6.45, 7) is 2.59. The molecular formula is C25H48O5. The molecular weight excluding hydrogens is 380 g/mol. The molecule has 30 heavy (non-hydrogen) atoms. The SMILES string of the molecule is CCCCCCCCCCCCCCCCCCOC(=O)CCCC(=O)OCCO. The number of hydrogen-bond acceptors (Lipinski definition) is 5. The number of esters is 2. The summed E-state index contributed by atoms with van der Waals surface area (Å²) in [4.78, 5) is 22.8. The van der Waals surface area contributed by atoms with Crippen LogP contribution in [0.3, 0.4) is 0 Å². The van der Waals surface area contributed by atoms with Gasteiger partial charge >= 0.3 is 11.9 Å². The van der Waals surface area contributed by atoms with Crippen LogP contribution >= 0.6 is 0 Å². The Morgan fingerprint density at radius 1 is 0.533 bits per heavy atom. The molecule has 0 rings (SSSR count). The van der Waals surface area contributed by atoms with Crippen molar-refractivity contribution >= 4 is 11.9 Å². The predicted molar refractivity (Wildman–Crippen MR) is 122 cm³/mol. The van der Waals surface area contributed by atoms with Crippen LogP contribution in [0.1, 0.15) is 129 Å². The van der Waals surface area contributed by atoms with Crippen molar-refractivity contribution in [2.75, 3.05) is 19.8 Å². The molecule has 0 bridgehead atoms. The molecule has 0 aromatic carbocycles. The molecule has 0 aliphatic heterocycles. The lowest BCUT2D eigenvalue weighted by Crippen LogP contribution is -2.10. The van der Waals surface area contributed by atoms with Crippen molar-refractivity contribution in [2.45, 2.75) is 129 Å². The summed E-state index contributed by atoms with van der Waals surface area (Å²) in [5, 5.41) is 8.55. The molecule has 5 heteroatoms. The molecule has 0 atom stereocenters. The number of aliphatic hydroxyl groups is 1. The number of hydrogen-bond donors (Lipinski definition) is 1. The molecule has 0 saturated heterocycles. The van der Waals surface area contributed by atoms with Crippen LogP contribution in [0, 0.1) is 0 Å². The van der Waals surface area contributed by atoms with Crippen LogP contribution in [0.2, 0.25) is 0 Å². The van der Waals surface area contributed by atoms with Gasteiger partial charge in [0.15, 0.2) is 0 Å². The Bertz CT molecular complexity index is 384. The molecule has 0 fully saturated rings. The van der Waals surface area contributed by atoms with E-state index in [0.717, 1.165) is 12.8 Å². The second-order valence-corrected chi connectivity index (χ2v) is 8.32. The average Bonchev–Trinajstić information content (AvgIpc) is 2.74. The van der Waals surface area contributed by atoms with E-state index in [2.05, 4.69) is 6.92 Å². The Balaban J connectivity index is 3.18. The standard InChI is InChI=1S/C25H48O5/c1-2-3-4-5-6-7-8-9-10-11-12-13-14-15-16-17-22-29-24(27)19-18-20-25(28)30-23-21-26/h26H,2-23H2,1H3. The highest BCUT2D eigenvalue weighted by atomic mass is 16.5. The number of carbonyl (C=O) groups excluding carboxylic acids is 2. The molecule has 0 heterocycles. The Labute approximate surface area is 185 Å². The van der Waals surface area contributed by atoms with Gasteiger partial charge in [-0.05, 0) is 12.8 Å². The molecule has 0 aromatic heterocycles. The van der Waals surface area contributed by atoms with Gasteiger partial charge in [0.2, 0.25) is 0 Å². The molecule has 0 unspecified atom stereocenters. The van der Waals surface area contributed by atoms with Crippen LogP contribution in [0.15, 0.2) is 0 Å². The van der Waals surface area contributed by atoms with Gasteiger partial charge < -0.3 is 14.6 Å². The lowest BCUT2D eigenvalue weighted by Gasteiger charge is -2.06. The number of ether oxygens (including phenoxy) is 2. The van der Waals surface area contributed by atoms with Crippen molar-refractivity contribution in [2.24, 2.45) is 0 Å². The number of carbonyl (C=O) groups is 2. The van der Waals surface area contributed by atoms with E-state index < -0.39 is 0 Å². The lowest BCUT2D eigenvalue weighted by atomic mass is 10.0. The summed E-state index contributed by atoms with van der Waals surface area (Å²) in [5.41, 5.74) is 0. The molecule has 0 spiro atoms. The fourth-order valence-corrected chi connectivity index (χ4v) is 3.52. The van der Waals surface area contributed by atoms with Gasteiger partial charge in [0.05, 0.1) is 13.2 Å². The van der Waals surface area contributed by atoms with Crippen LogP contribution in [-0.4, -0.2) is 36.9 Å².